The summed E-state index contributed by atoms with van der Waals surface area (Å²) >= 11 is 0. The lowest BCUT2D eigenvalue weighted by molar-refractivity contribution is 0.415. The molecular weight excluding hydrogens is 489 g/mol. The van der Waals surface area contributed by atoms with Crippen LogP contribution in [0.25, 0.3) is 22.2 Å². The van der Waals surface area contributed by atoms with Crippen molar-refractivity contribution in [1.82, 2.24) is 19.9 Å². The Morgan fingerprint density at radius 2 is 1.77 bits per heavy atom. The molecule has 0 atom stereocenters. The molecule has 1 saturated carbocycles. The summed E-state index contributed by atoms with van der Waals surface area (Å²) in [5.74, 6) is 0.431. The van der Waals surface area contributed by atoms with Crippen LogP contribution >= 0.6 is 0 Å². The van der Waals surface area contributed by atoms with E-state index in [4.69, 9.17) is 9.97 Å². The molecule has 202 valence electrons. The average molecular weight is 526 g/mol. The number of fused-ring (bicyclic) bond motifs is 1. The Hall–Kier alpha value is -3.58. The number of hydrogen-bond donors (Lipinski definition) is 1. The minimum absolute atomic E-state index is 0.0496. The second-order valence-electron chi connectivity index (χ2n) is 11.0. The van der Waals surface area contributed by atoms with Gasteiger partial charge in [0.1, 0.15) is 11.5 Å². The van der Waals surface area contributed by atoms with Crippen LogP contribution in [0.4, 0.5) is 10.3 Å². The molecule has 3 heterocycles. The number of pyridine rings is 1. The molecule has 6 nitrogen and oxygen atoms in total. The first-order valence-corrected chi connectivity index (χ1v) is 14.3. The van der Waals surface area contributed by atoms with Gasteiger partial charge in [-0.05, 0) is 80.5 Å². The highest BCUT2D eigenvalue weighted by atomic mass is 19.1. The quantitative estimate of drug-likeness (QED) is 0.329. The lowest BCUT2D eigenvalue weighted by Crippen LogP contribution is -2.43. The van der Waals surface area contributed by atoms with Gasteiger partial charge in [0.05, 0.1) is 0 Å². The Morgan fingerprint density at radius 1 is 1.00 bits per heavy atom. The Kier molecular flexibility index (Phi) is 7.42. The summed E-state index contributed by atoms with van der Waals surface area (Å²) in [6.45, 7) is 4.47. The van der Waals surface area contributed by atoms with Gasteiger partial charge in [-0.2, -0.15) is 4.98 Å². The van der Waals surface area contributed by atoms with Crippen LogP contribution in [0.15, 0.2) is 65.6 Å². The molecule has 0 amide bonds. The van der Waals surface area contributed by atoms with Gasteiger partial charge >= 0.3 is 0 Å². The zero-order valence-electron chi connectivity index (χ0n) is 22.6. The van der Waals surface area contributed by atoms with E-state index in [1.54, 1.807) is 19.1 Å². The van der Waals surface area contributed by atoms with Crippen LogP contribution in [0.2, 0.25) is 0 Å². The van der Waals surface area contributed by atoms with E-state index in [2.05, 4.69) is 40.5 Å². The summed E-state index contributed by atoms with van der Waals surface area (Å²) in [5.41, 5.74) is 3.87. The molecule has 0 unspecified atom stereocenters. The van der Waals surface area contributed by atoms with E-state index in [9.17, 15) is 9.18 Å². The molecule has 2 fully saturated rings. The number of halogens is 1. The highest BCUT2D eigenvalue weighted by molar-refractivity contribution is 5.82. The van der Waals surface area contributed by atoms with Gasteiger partial charge in [-0.25, -0.2) is 9.37 Å². The molecule has 0 bridgehead atoms. The normalized spacial score (nSPS) is 16.8. The number of anilines is 1. The van der Waals surface area contributed by atoms with Gasteiger partial charge in [-0.15, -0.1) is 0 Å². The van der Waals surface area contributed by atoms with Crippen LogP contribution in [0.3, 0.4) is 0 Å². The monoisotopic (exact) mass is 525 g/mol. The van der Waals surface area contributed by atoms with E-state index >= 15 is 0 Å². The Labute approximate surface area is 228 Å². The molecule has 1 N–H and O–H groups in total. The fourth-order valence-corrected chi connectivity index (χ4v) is 6.13. The number of aryl methyl sites for hydroxylation is 1. The molecule has 1 aliphatic heterocycles. The fraction of sp³-hybridized carbons (Fsp3) is 0.406. The molecule has 0 radical (unpaired) electrons. The Bertz CT molecular complexity index is 1500. The van der Waals surface area contributed by atoms with Crippen LogP contribution in [0, 0.1) is 12.7 Å². The lowest BCUT2D eigenvalue weighted by atomic mass is 10.0. The van der Waals surface area contributed by atoms with Crippen molar-refractivity contribution >= 4 is 17.0 Å². The van der Waals surface area contributed by atoms with Crippen LogP contribution in [0.5, 0.6) is 0 Å². The van der Waals surface area contributed by atoms with Crippen molar-refractivity contribution in [3.63, 3.8) is 0 Å². The summed E-state index contributed by atoms with van der Waals surface area (Å²) in [5, 5.41) is 4.57. The first-order chi connectivity index (χ1) is 19.1. The third-order valence-corrected chi connectivity index (χ3v) is 8.39. The van der Waals surface area contributed by atoms with Crippen molar-refractivity contribution in [2.75, 3.05) is 24.5 Å². The van der Waals surface area contributed by atoms with E-state index in [1.807, 2.05) is 16.8 Å². The molecule has 1 aliphatic carbocycles. The molecule has 6 rings (SSSR count). The standard InChI is InChI=1S/C32H36FN5O/c1-22-19-24(11-12-29(22)33)28-20-25-21-35-32(36-30(25)38(31(28)39)27-9-5-6-10-27)37-17-14-26(15-18-37)34-16-13-23-7-3-2-4-8-23/h2-4,7-8,11-12,19-21,26-27,34H,5-6,9-10,13-18H2,1H3. The maximum Gasteiger partial charge on any atom is 0.260 e. The van der Waals surface area contributed by atoms with Gasteiger partial charge in [-0.3, -0.25) is 9.36 Å². The molecule has 0 spiro atoms. The minimum Gasteiger partial charge on any atom is -0.341 e. The number of piperidine rings is 1. The summed E-state index contributed by atoms with van der Waals surface area (Å²) in [6.07, 6.45) is 9.13. The first-order valence-electron chi connectivity index (χ1n) is 14.3. The third-order valence-electron chi connectivity index (χ3n) is 8.39. The van der Waals surface area contributed by atoms with E-state index in [1.165, 1.54) is 11.6 Å². The van der Waals surface area contributed by atoms with Gasteiger partial charge in [0.15, 0.2) is 0 Å². The van der Waals surface area contributed by atoms with E-state index in [0.29, 0.717) is 28.8 Å². The van der Waals surface area contributed by atoms with E-state index in [0.717, 1.165) is 75.5 Å². The van der Waals surface area contributed by atoms with Crippen LogP contribution in [-0.2, 0) is 6.42 Å². The average Bonchev–Trinajstić information content (AvgIpc) is 3.49. The predicted octanol–water partition coefficient (Wildman–Crippen LogP) is 5.82. The van der Waals surface area contributed by atoms with E-state index < -0.39 is 0 Å². The fourth-order valence-electron chi connectivity index (χ4n) is 6.13. The van der Waals surface area contributed by atoms with Crippen molar-refractivity contribution in [2.24, 2.45) is 0 Å². The van der Waals surface area contributed by atoms with Gasteiger partial charge < -0.3 is 10.2 Å². The second-order valence-corrected chi connectivity index (χ2v) is 11.0. The topological polar surface area (TPSA) is 63.1 Å². The van der Waals surface area contributed by atoms with Gasteiger partial charge in [0.25, 0.3) is 5.56 Å². The number of nitrogens with zero attached hydrogens (tertiary/aromatic N) is 4. The zero-order valence-corrected chi connectivity index (χ0v) is 22.6. The van der Waals surface area contributed by atoms with Crippen LogP contribution in [0.1, 0.15) is 55.7 Å². The number of benzene rings is 2. The highest BCUT2D eigenvalue weighted by Gasteiger charge is 2.25. The molecule has 2 aromatic heterocycles. The van der Waals surface area contributed by atoms with Crippen molar-refractivity contribution in [3.8, 4) is 11.1 Å². The maximum atomic E-state index is 14.0. The molecular formula is C32H36FN5O. The van der Waals surface area contributed by atoms with Crippen molar-refractivity contribution < 1.29 is 4.39 Å². The lowest BCUT2D eigenvalue weighted by Gasteiger charge is -2.32. The number of nitrogens with one attached hydrogen (secondary N) is 1. The molecule has 39 heavy (non-hydrogen) atoms. The first kappa shape index (κ1) is 25.7. The SMILES string of the molecule is Cc1cc(-c2cc3cnc(N4CCC(NCCc5ccccc5)CC4)nc3n(C3CCCC3)c2=O)ccc1F. The zero-order chi connectivity index (χ0) is 26.8. The summed E-state index contributed by atoms with van der Waals surface area (Å²) < 4.78 is 15.9. The van der Waals surface area contributed by atoms with E-state index in [-0.39, 0.29) is 17.4 Å². The largest absolute Gasteiger partial charge is 0.341 e. The predicted molar refractivity (Wildman–Crippen MR) is 155 cm³/mol. The minimum atomic E-state index is -0.265. The number of hydrogen-bond acceptors (Lipinski definition) is 5. The van der Waals surface area contributed by atoms with Gasteiger partial charge in [0.2, 0.25) is 5.95 Å². The van der Waals surface area contributed by atoms with Crippen molar-refractivity contribution in [3.05, 3.63) is 88.1 Å². The number of aromatic nitrogens is 3. The van der Waals surface area contributed by atoms with Crippen LogP contribution in [-0.4, -0.2) is 40.2 Å². The van der Waals surface area contributed by atoms with Gasteiger partial charge in [-0.1, -0.05) is 49.2 Å². The highest BCUT2D eigenvalue weighted by Crippen LogP contribution is 2.32. The Balaban J connectivity index is 1.23. The summed E-state index contributed by atoms with van der Waals surface area (Å²) in [6, 6.07) is 18.0. The second kappa shape index (κ2) is 11.3. The Morgan fingerprint density at radius 3 is 2.51 bits per heavy atom. The third kappa shape index (κ3) is 5.46. The summed E-state index contributed by atoms with van der Waals surface area (Å²) in [4.78, 5) is 25.9. The van der Waals surface area contributed by atoms with Crippen molar-refractivity contribution in [1.29, 1.82) is 0 Å². The van der Waals surface area contributed by atoms with Crippen LogP contribution < -0.4 is 15.8 Å². The molecule has 2 aromatic carbocycles. The van der Waals surface area contributed by atoms with Gasteiger partial charge in [0, 0.05) is 42.3 Å². The molecule has 4 aromatic rings. The maximum absolute atomic E-state index is 14.0. The molecule has 2 aliphatic rings. The summed E-state index contributed by atoms with van der Waals surface area (Å²) in [7, 11) is 0. The molecule has 7 heteroatoms. The van der Waals surface area contributed by atoms with Crippen molar-refractivity contribution in [2.45, 2.75) is 64.0 Å². The molecule has 1 saturated heterocycles. The smallest absolute Gasteiger partial charge is 0.260 e. The number of rotatable bonds is 7.